The number of urea groups is 1. The minimum absolute atomic E-state index is 0.0820. The van der Waals surface area contributed by atoms with Gasteiger partial charge in [-0.25, -0.2) is 4.79 Å². The summed E-state index contributed by atoms with van der Waals surface area (Å²) < 4.78 is 0. The molecule has 2 rings (SSSR count). The zero-order valence-corrected chi connectivity index (χ0v) is 12.7. The quantitative estimate of drug-likeness (QED) is 0.794. The van der Waals surface area contributed by atoms with E-state index in [0.717, 1.165) is 23.0 Å². The molecule has 2 saturated heterocycles. The van der Waals surface area contributed by atoms with Gasteiger partial charge < -0.3 is 10.6 Å². The van der Waals surface area contributed by atoms with Crippen LogP contribution in [-0.2, 0) is 0 Å². The molecule has 92 valence electrons. The Kier molecular flexibility index (Phi) is 3.88. The standard InChI is InChI=1S/C9H16N2OS4/c1-8(3-13-14-4-8)11(7(10)12)9(2)5-15-16-6-9/h3-6H2,1-2H3,(H2,10,12). The molecule has 0 spiro atoms. The fourth-order valence-electron chi connectivity index (χ4n) is 2.20. The van der Waals surface area contributed by atoms with E-state index in [0.29, 0.717) is 0 Å². The van der Waals surface area contributed by atoms with Crippen LogP contribution in [0.5, 0.6) is 0 Å². The van der Waals surface area contributed by atoms with Gasteiger partial charge in [0.05, 0.1) is 11.1 Å². The van der Waals surface area contributed by atoms with Gasteiger partial charge in [0.15, 0.2) is 0 Å². The Morgan fingerprint density at radius 3 is 1.56 bits per heavy atom. The van der Waals surface area contributed by atoms with Crippen LogP contribution in [0.2, 0.25) is 0 Å². The zero-order chi connectivity index (χ0) is 11.8. The predicted octanol–water partition coefficient (Wildman–Crippen LogP) is 2.67. The maximum atomic E-state index is 11.8. The molecule has 0 aromatic carbocycles. The van der Waals surface area contributed by atoms with Gasteiger partial charge in [-0.15, -0.1) is 0 Å². The van der Waals surface area contributed by atoms with Crippen molar-refractivity contribution in [1.29, 1.82) is 0 Å². The van der Waals surface area contributed by atoms with Gasteiger partial charge in [0.25, 0.3) is 0 Å². The average molecular weight is 297 g/mol. The van der Waals surface area contributed by atoms with E-state index in [9.17, 15) is 4.79 Å². The van der Waals surface area contributed by atoms with Crippen LogP contribution < -0.4 is 5.73 Å². The first-order valence-corrected chi connectivity index (χ1v) is 10.0. The number of hydrogen-bond donors (Lipinski definition) is 1. The zero-order valence-electron chi connectivity index (χ0n) is 9.39. The monoisotopic (exact) mass is 296 g/mol. The lowest BCUT2D eigenvalue weighted by molar-refractivity contribution is 0.0925. The van der Waals surface area contributed by atoms with Gasteiger partial charge in [-0.3, -0.25) is 0 Å². The van der Waals surface area contributed by atoms with Gasteiger partial charge in [0, 0.05) is 23.0 Å². The number of carbonyl (C=O) groups is 1. The van der Waals surface area contributed by atoms with E-state index in [4.69, 9.17) is 5.73 Å². The topological polar surface area (TPSA) is 46.3 Å². The third-order valence-corrected chi connectivity index (χ3v) is 8.65. The minimum Gasteiger partial charge on any atom is -0.351 e. The van der Waals surface area contributed by atoms with E-state index < -0.39 is 0 Å². The molecule has 0 bridgehead atoms. The van der Waals surface area contributed by atoms with Gasteiger partial charge >= 0.3 is 6.03 Å². The Morgan fingerprint density at radius 1 is 1.00 bits per heavy atom. The highest BCUT2D eigenvalue weighted by Crippen LogP contribution is 2.48. The molecular weight excluding hydrogens is 280 g/mol. The maximum absolute atomic E-state index is 11.8. The van der Waals surface area contributed by atoms with Crippen molar-refractivity contribution in [2.75, 3.05) is 23.0 Å². The van der Waals surface area contributed by atoms with Crippen LogP contribution in [0.4, 0.5) is 4.79 Å². The van der Waals surface area contributed by atoms with Crippen molar-refractivity contribution in [3.8, 4) is 0 Å². The van der Waals surface area contributed by atoms with Crippen LogP contribution in [0.25, 0.3) is 0 Å². The molecular formula is C9H16N2OS4. The molecule has 0 unspecified atom stereocenters. The smallest absolute Gasteiger partial charge is 0.315 e. The highest BCUT2D eigenvalue weighted by molar-refractivity contribution is 8.77. The summed E-state index contributed by atoms with van der Waals surface area (Å²) in [6.45, 7) is 4.31. The Bertz CT molecular complexity index is 265. The first kappa shape index (κ1) is 13.1. The first-order chi connectivity index (χ1) is 7.48. The molecule has 2 amide bonds. The van der Waals surface area contributed by atoms with Crippen molar-refractivity contribution in [2.45, 2.75) is 24.9 Å². The molecule has 0 saturated carbocycles. The lowest BCUT2D eigenvalue weighted by Gasteiger charge is -2.46. The normalized spacial score (nSPS) is 26.9. The summed E-state index contributed by atoms with van der Waals surface area (Å²) >= 11 is 0. The summed E-state index contributed by atoms with van der Waals surface area (Å²) in [5.41, 5.74) is 5.45. The second kappa shape index (κ2) is 4.74. The third-order valence-electron chi connectivity index (χ3n) is 2.95. The molecule has 2 aliphatic heterocycles. The second-order valence-electron chi connectivity index (χ2n) is 4.72. The average Bonchev–Trinajstić information content (AvgIpc) is 2.75. The van der Waals surface area contributed by atoms with Crippen molar-refractivity contribution in [3.63, 3.8) is 0 Å². The number of carbonyl (C=O) groups excluding carboxylic acids is 1. The van der Waals surface area contributed by atoms with Gasteiger partial charge in [0.2, 0.25) is 0 Å². The number of amides is 2. The summed E-state index contributed by atoms with van der Waals surface area (Å²) in [4.78, 5) is 13.7. The van der Waals surface area contributed by atoms with E-state index in [-0.39, 0.29) is 17.1 Å². The van der Waals surface area contributed by atoms with Crippen LogP contribution in [0, 0.1) is 0 Å². The lowest BCUT2D eigenvalue weighted by Crippen LogP contribution is -2.64. The molecule has 2 fully saturated rings. The SMILES string of the molecule is CC1(N(C(N)=O)C2(C)CSSC2)CSSC1. The second-order valence-corrected chi connectivity index (χ2v) is 9.64. The van der Waals surface area contributed by atoms with Crippen LogP contribution in [0.1, 0.15) is 13.8 Å². The number of nitrogens with zero attached hydrogens (tertiary/aromatic N) is 1. The first-order valence-electron chi connectivity index (χ1n) is 5.07. The van der Waals surface area contributed by atoms with E-state index >= 15 is 0 Å². The Balaban J connectivity index is 2.26. The number of hydrogen-bond acceptors (Lipinski definition) is 5. The number of rotatable bonds is 2. The lowest BCUT2D eigenvalue weighted by atomic mass is 9.96. The van der Waals surface area contributed by atoms with Crippen molar-refractivity contribution in [1.82, 2.24) is 4.90 Å². The highest BCUT2D eigenvalue weighted by Gasteiger charge is 2.49. The molecule has 0 aromatic rings. The Morgan fingerprint density at radius 2 is 1.31 bits per heavy atom. The molecule has 0 radical (unpaired) electrons. The van der Waals surface area contributed by atoms with E-state index in [1.54, 1.807) is 0 Å². The molecule has 16 heavy (non-hydrogen) atoms. The summed E-state index contributed by atoms with van der Waals surface area (Å²) in [6.07, 6.45) is 0. The number of primary amides is 1. The van der Waals surface area contributed by atoms with Gasteiger partial charge in [-0.2, -0.15) is 0 Å². The molecule has 0 aromatic heterocycles. The van der Waals surface area contributed by atoms with Crippen molar-refractivity contribution < 1.29 is 4.79 Å². The van der Waals surface area contributed by atoms with Gasteiger partial charge in [0.1, 0.15) is 0 Å². The predicted molar refractivity (Wildman–Crippen MR) is 78.1 cm³/mol. The minimum atomic E-state index is -0.267. The fourth-order valence-corrected chi connectivity index (χ4v) is 8.78. The van der Waals surface area contributed by atoms with Crippen LogP contribution in [0.15, 0.2) is 0 Å². The summed E-state index contributed by atoms with van der Waals surface area (Å²) in [5.74, 6) is 3.91. The van der Waals surface area contributed by atoms with Crippen LogP contribution >= 0.6 is 43.2 Å². The van der Waals surface area contributed by atoms with E-state index in [2.05, 4.69) is 13.8 Å². The van der Waals surface area contributed by atoms with Crippen molar-refractivity contribution in [2.24, 2.45) is 5.73 Å². The molecule has 2 heterocycles. The van der Waals surface area contributed by atoms with Crippen molar-refractivity contribution in [3.05, 3.63) is 0 Å². The molecule has 0 atom stereocenters. The fraction of sp³-hybridized carbons (Fsp3) is 0.889. The molecule has 2 N–H and O–H groups in total. The Labute approximate surface area is 112 Å². The molecule has 7 heteroatoms. The number of nitrogens with two attached hydrogens (primary N) is 1. The van der Waals surface area contributed by atoms with Crippen molar-refractivity contribution >= 4 is 49.2 Å². The maximum Gasteiger partial charge on any atom is 0.315 e. The van der Waals surface area contributed by atoms with E-state index in [1.807, 2.05) is 48.1 Å². The van der Waals surface area contributed by atoms with E-state index in [1.165, 1.54) is 0 Å². The van der Waals surface area contributed by atoms with Gasteiger partial charge in [-0.1, -0.05) is 43.2 Å². The summed E-state index contributed by atoms with van der Waals surface area (Å²) in [7, 11) is 7.35. The Hall–Kier alpha value is 0.670. The van der Waals surface area contributed by atoms with Crippen LogP contribution in [-0.4, -0.2) is 45.0 Å². The largest absolute Gasteiger partial charge is 0.351 e. The van der Waals surface area contributed by atoms with Gasteiger partial charge in [-0.05, 0) is 13.8 Å². The summed E-state index contributed by atoms with van der Waals surface area (Å²) in [6, 6.07) is -0.267. The van der Waals surface area contributed by atoms with Crippen LogP contribution in [0.3, 0.4) is 0 Å². The highest BCUT2D eigenvalue weighted by atomic mass is 33.1. The third kappa shape index (κ3) is 2.28. The molecule has 2 aliphatic rings. The summed E-state index contributed by atoms with van der Waals surface area (Å²) in [5, 5.41) is 0. The molecule has 3 nitrogen and oxygen atoms in total. The molecule has 0 aliphatic carbocycles.